The zero-order valence-corrected chi connectivity index (χ0v) is 12.3. The van der Waals surface area contributed by atoms with Crippen molar-refractivity contribution in [2.45, 2.75) is 13.0 Å². The molecular formula is C12H11BrClFN4. The van der Waals surface area contributed by atoms with Gasteiger partial charge in [0.05, 0.1) is 28.6 Å². The molecule has 19 heavy (non-hydrogen) atoms. The summed E-state index contributed by atoms with van der Waals surface area (Å²) in [5.41, 5.74) is 4.13. The topological polar surface area (TPSA) is 63.8 Å². The maximum atomic E-state index is 14.2. The van der Waals surface area contributed by atoms with Crippen molar-refractivity contribution in [2.75, 3.05) is 0 Å². The average Bonchev–Trinajstić information content (AvgIpc) is 2.41. The fourth-order valence-corrected chi connectivity index (χ4v) is 2.13. The van der Waals surface area contributed by atoms with E-state index < -0.39 is 11.9 Å². The van der Waals surface area contributed by atoms with Gasteiger partial charge in [-0.2, -0.15) is 0 Å². The molecule has 1 aromatic heterocycles. The molecule has 2 aromatic rings. The maximum Gasteiger partial charge on any atom is 0.148 e. The summed E-state index contributed by atoms with van der Waals surface area (Å²) in [4.78, 5) is 8.31. The third-order valence-corrected chi connectivity index (χ3v) is 3.90. The van der Waals surface area contributed by atoms with Crippen molar-refractivity contribution < 1.29 is 4.39 Å². The Morgan fingerprint density at radius 2 is 2.11 bits per heavy atom. The van der Waals surface area contributed by atoms with Gasteiger partial charge in [-0.3, -0.25) is 15.8 Å². The van der Waals surface area contributed by atoms with Crippen LogP contribution in [0.25, 0.3) is 0 Å². The number of benzene rings is 1. The van der Waals surface area contributed by atoms with Crippen molar-refractivity contribution in [3.05, 3.63) is 56.8 Å². The summed E-state index contributed by atoms with van der Waals surface area (Å²) < 4.78 is 14.6. The quantitative estimate of drug-likeness (QED) is 0.510. The molecule has 2 rings (SSSR count). The average molecular weight is 346 g/mol. The molecule has 7 heteroatoms. The molecule has 1 atom stereocenters. The number of halogens is 3. The van der Waals surface area contributed by atoms with Gasteiger partial charge >= 0.3 is 0 Å². The van der Waals surface area contributed by atoms with Crippen LogP contribution in [-0.4, -0.2) is 9.97 Å². The minimum atomic E-state index is -0.612. The van der Waals surface area contributed by atoms with Gasteiger partial charge in [-0.1, -0.05) is 17.7 Å². The van der Waals surface area contributed by atoms with Gasteiger partial charge in [-0.25, -0.2) is 9.82 Å². The summed E-state index contributed by atoms with van der Waals surface area (Å²) in [5, 5.41) is 0.0119. The second kappa shape index (κ2) is 5.92. The summed E-state index contributed by atoms with van der Waals surface area (Å²) in [6, 6.07) is 2.64. The summed E-state index contributed by atoms with van der Waals surface area (Å²) in [5.74, 6) is 4.95. The molecule has 0 bridgehead atoms. The van der Waals surface area contributed by atoms with Crippen LogP contribution in [0.4, 0.5) is 4.39 Å². The van der Waals surface area contributed by atoms with E-state index in [1.54, 1.807) is 24.5 Å². The van der Waals surface area contributed by atoms with Crippen molar-refractivity contribution in [3.63, 3.8) is 0 Å². The zero-order chi connectivity index (χ0) is 14.0. The van der Waals surface area contributed by atoms with Gasteiger partial charge in [0.25, 0.3) is 0 Å². The van der Waals surface area contributed by atoms with E-state index >= 15 is 0 Å². The van der Waals surface area contributed by atoms with E-state index in [-0.39, 0.29) is 5.02 Å². The number of hydrazine groups is 1. The van der Waals surface area contributed by atoms with E-state index in [9.17, 15) is 4.39 Å². The number of nitrogens with one attached hydrogen (secondary N) is 1. The minimum absolute atomic E-state index is 0.0119. The Kier molecular flexibility index (Phi) is 4.46. The molecule has 0 saturated heterocycles. The number of rotatable bonds is 3. The van der Waals surface area contributed by atoms with Crippen molar-refractivity contribution in [1.82, 2.24) is 15.4 Å². The monoisotopic (exact) mass is 344 g/mol. The number of aryl methyl sites for hydroxylation is 1. The van der Waals surface area contributed by atoms with Gasteiger partial charge in [0.2, 0.25) is 0 Å². The predicted octanol–water partition coefficient (Wildman–Crippen LogP) is 2.89. The largest absolute Gasteiger partial charge is 0.271 e. The van der Waals surface area contributed by atoms with Crippen LogP contribution in [0.15, 0.2) is 29.0 Å². The zero-order valence-electron chi connectivity index (χ0n) is 9.99. The highest BCUT2D eigenvalue weighted by Crippen LogP contribution is 2.31. The fourth-order valence-electron chi connectivity index (χ4n) is 1.65. The first kappa shape index (κ1) is 14.3. The molecule has 1 heterocycles. The molecular weight excluding hydrogens is 335 g/mol. The highest BCUT2D eigenvalue weighted by molar-refractivity contribution is 9.10. The number of hydrogen-bond acceptors (Lipinski definition) is 4. The van der Waals surface area contributed by atoms with E-state index in [1.807, 2.05) is 6.92 Å². The SMILES string of the molecule is Cc1cnc(C(NN)c2ccc(Br)c(Cl)c2F)cn1. The lowest BCUT2D eigenvalue weighted by Gasteiger charge is -2.17. The Morgan fingerprint density at radius 1 is 1.37 bits per heavy atom. The highest BCUT2D eigenvalue weighted by Gasteiger charge is 2.21. The van der Waals surface area contributed by atoms with E-state index in [0.29, 0.717) is 15.7 Å². The predicted molar refractivity (Wildman–Crippen MR) is 75.0 cm³/mol. The van der Waals surface area contributed by atoms with Gasteiger partial charge in [-0.05, 0) is 28.9 Å². The lowest BCUT2D eigenvalue weighted by Crippen LogP contribution is -2.30. The number of nitrogens with zero attached hydrogens (tertiary/aromatic N) is 2. The maximum absolute atomic E-state index is 14.2. The van der Waals surface area contributed by atoms with Crippen LogP contribution in [0.3, 0.4) is 0 Å². The van der Waals surface area contributed by atoms with Crippen molar-refractivity contribution in [3.8, 4) is 0 Å². The van der Waals surface area contributed by atoms with Crippen LogP contribution >= 0.6 is 27.5 Å². The molecule has 1 aromatic carbocycles. The first-order chi connectivity index (χ1) is 9.04. The third kappa shape index (κ3) is 2.92. The molecule has 100 valence electrons. The Morgan fingerprint density at radius 3 is 2.68 bits per heavy atom. The molecule has 0 saturated carbocycles. The standard InChI is InChI=1S/C12H11BrClFN4/c1-6-4-18-9(5-17-6)12(19-16)7-2-3-8(13)10(14)11(7)15/h2-5,12,19H,16H2,1H3. The lowest BCUT2D eigenvalue weighted by atomic mass is 10.0. The number of hydrogen-bond donors (Lipinski definition) is 2. The molecule has 0 amide bonds. The van der Waals surface area contributed by atoms with E-state index in [1.165, 1.54) is 0 Å². The first-order valence-electron chi connectivity index (χ1n) is 5.42. The fraction of sp³-hybridized carbons (Fsp3) is 0.167. The van der Waals surface area contributed by atoms with Crippen molar-refractivity contribution in [1.29, 1.82) is 0 Å². The van der Waals surface area contributed by atoms with E-state index in [2.05, 4.69) is 31.3 Å². The summed E-state index contributed by atoms with van der Waals surface area (Å²) in [6.07, 6.45) is 3.15. The van der Waals surface area contributed by atoms with Crippen LogP contribution in [-0.2, 0) is 0 Å². The Hall–Kier alpha value is -1.08. The third-order valence-electron chi connectivity index (χ3n) is 2.64. The molecule has 0 aliphatic heterocycles. The van der Waals surface area contributed by atoms with Crippen LogP contribution in [0.2, 0.25) is 5.02 Å². The summed E-state index contributed by atoms with van der Waals surface area (Å²) >= 11 is 9.04. The molecule has 0 spiro atoms. The normalized spacial score (nSPS) is 12.5. The summed E-state index contributed by atoms with van der Waals surface area (Å²) in [6.45, 7) is 1.82. The second-order valence-corrected chi connectivity index (χ2v) is 5.18. The molecule has 1 unspecified atom stereocenters. The molecule has 0 fully saturated rings. The van der Waals surface area contributed by atoms with Gasteiger partial charge in [0, 0.05) is 16.2 Å². The van der Waals surface area contributed by atoms with Gasteiger partial charge < -0.3 is 0 Å². The van der Waals surface area contributed by atoms with E-state index in [0.717, 1.165) is 5.69 Å². The minimum Gasteiger partial charge on any atom is -0.271 e. The number of nitrogens with two attached hydrogens (primary N) is 1. The highest BCUT2D eigenvalue weighted by atomic mass is 79.9. The molecule has 0 radical (unpaired) electrons. The van der Waals surface area contributed by atoms with Crippen LogP contribution in [0, 0.1) is 12.7 Å². The summed E-state index contributed by atoms with van der Waals surface area (Å²) in [7, 11) is 0. The first-order valence-corrected chi connectivity index (χ1v) is 6.59. The van der Waals surface area contributed by atoms with E-state index in [4.69, 9.17) is 17.4 Å². The van der Waals surface area contributed by atoms with Crippen LogP contribution in [0.1, 0.15) is 23.0 Å². The second-order valence-electron chi connectivity index (χ2n) is 3.95. The van der Waals surface area contributed by atoms with Gasteiger partial charge in [-0.15, -0.1) is 0 Å². The van der Waals surface area contributed by atoms with Crippen LogP contribution in [0.5, 0.6) is 0 Å². The number of aromatic nitrogens is 2. The molecule has 4 nitrogen and oxygen atoms in total. The molecule has 0 aliphatic rings. The Bertz CT molecular complexity index is 591. The van der Waals surface area contributed by atoms with Crippen LogP contribution < -0.4 is 11.3 Å². The molecule has 0 aliphatic carbocycles. The Labute approximate surface area is 123 Å². The van der Waals surface area contributed by atoms with Crippen molar-refractivity contribution >= 4 is 27.5 Å². The van der Waals surface area contributed by atoms with Gasteiger partial charge in [0.15, 0.2) is 0 Å². The van der Waals surface area contributed by atoms with Gasteiger partial charge in [0.1, 0.15) is 5.82 Å². The van der Waals surface area contributed by atoms with Crippen molar-refractivity contribution in [2.24, 2.45) is 5.84 Å². The smallest absolute Gasteiger partial charge is 0.148 e. The molecule has 3 N–H and O–H groups in total. The Balaban J connectivity index is 2.48. The lowest BCUT2D eigenvalue weighted by molar-refractivity contribution is 0.551.